The first-order valence-electron chi connectivity index (χ1n) is 6.87. The molecule has 4 nitrogen and oxygen atoms in total. The number of halogens is 2. The van der Waals surface area contributed by atoms with Crippen molar-refractivity contribution >= 4 is 68.1 Å². The summed E-state index contributed by atoms with van der Waals surface area (Å²) in [6.07, 6.45) is 0. The van der Waals surface area contributed by atoms with Crippen molar-refractivity contribution in [2.75, 3.05) is 18.2 Å². The van der Waals surface area contributed by atoms with Crippen molar-refractivity contribution in [3.8, 4) is 5.75 Å². The molecule has 0 aliphatic heterocycles. The summed E-state index contributed by atoms with van der Waals surface area (Å²) in [5, 5.41) is 3.90. The van der Waals surface area contributed by atoms with Crippen molar-refractivity contribution in [1.29, 1.82) is 0 Å². The van der Waals surface area contributed by atoms with Gasteiger partial charge in [0.25, 0.3) is 0 Å². The fourth-order valence-electron chi connectivity index (χ4n) is 2.01. The van der Waals surface area contributed by atoms with Crippen molar-refractivity contribution in [1.82, 2.24) is 4.98 Å². The Morgan fingerprint density at radius 3 is 2.88 bits per heavy atom. The highest BCUT2D eigenvalue weighted by Crippen LogP contribution is 2.31. The third-order valence-electron chi connectivity index (χ3n) is 3.09. The molecule has 0 bridgehead atoms. The number of carbonyl (C=O) groups excluding carboxylic acids is 1. The lowest BCUT2D eigenvalue weighted by molar-refractivity contribution is -0.113. The fourth-order valence-corrected chi connectivity index (χ4v) is 4.28. The van der Waals surface area contributed by atoms with Crippen molar-refractivity contribution in [2.24, 2.45) is 0 Å². The fraction of sp³-hybridized carbons (Fsp3) is 0.125. The van der Waals surface area contributed by atoms with Crippen LogP contribution < -0.4 is 10.1 Å². The molecule has 1 aromatic heterocycles. The number of nitrogens with zero attached hydrogens (tertiary/aromatic N) is 1. The molecule has 0 fully saturated rings. The highest BCUT2D eigenvalue weighted by molar-refractivity contribution is 8.01. The Morgan fingerprint density at radius 2 is 2.12 bits per heavy atom. The lowest BCUT2D eigenvalue weighted by Gasteiger charge is -2.07. The van der Waals surface area contributed by atoms with E-state index in [1.165, 1.54) is 23.1 Å². The Bertz CT molecular complexity index is 899. The molecule has 1 amide bonds. The molecule has 0 saturated carbocycles. The standard InChI is InChI=1S/C16H12Cl2N2O2S2/c1-22-13-4-3-10(7-11(13)18)19-15(21)8-23-16-20-12-6-9(17)2-5-14(12)24-16/h2-7H,8H2,1H3,(H,19,21). The summed E-state index contributed by atoms with van der Waals surface area (Å²) in [7, 11) is 1.54. The third kappa shape index (κ3) is 4.13. The van der Waals surface area contributed by atoms with Gasteiger partial charge in [0, 0.05) is 10.7 Å². The summed E-state index contributed by atoms with van der Waals surface area (Å²) in [6.45, 7) is 0. The maximum Gasteiger partial charge on any atom is 0.234 e. The average Bonchev–Trinajstić information content (AvgIpc) is 2.95. The zero-order chi connectivity index (χ0) is 17.1. The number of anilines is 1. The Morgan fingerprint density at radius 1 is 1.29 bits per heavy atom. The highest BCUT2D eigenvalue weighted by atomic mass is 35.5. The number of carbonyl (C=O) groups is 1. The zero-order valence-corrected chi connectivity index (χ0v) is 15.7. The predicted molar refractivity (Wildman–Crippen MR) is 102 cm³/mol. The number of ether oxygens (including phenoxy) is 1. The highest BCUT2D eigenvalue weighted by Gasteiger charge is 2.09. The number of hydrogen-bond acceptors (Lipinski definition) is 5. The Kier molecular flexibility index (Phi) is 5.50. The minimum atomic E-state index is -0.126. The predicted octanol–water partition coefficient (Wildman–Crippen LogP) is 5.34. The van der Waals surface area contributed by atoms with Crippen molar-refractivity contribution in [3.05, 3.63) is 46.4 Å². The Labute approximate surface area is 157 Å². The van der Waals surface area contributed by atoms with Gasteiger partial charge < -0.3 is 10.1 Å². The molecule has 0 unspecified atom stereocenters. The molecule has 0 spiro atoms. The van der Waals surface area contributed by atoms with E-state index in [4.69, 9.17) is 27.9 Å². The summed E-state index contributed by atoms with van der Waals surface area (Å²) in [6, 6.07) is 10.7. The second-order valence-corrected chi connectivity index (χ2v) is 7.87. The summed E-state index contributed by atoms with van der Waals surface area (Å²) in [5.41, 5.74) is 1.47. The van der Waals surface area contributed by atoms with E-state index in [9.17, 15) is 4.79 Å². The van der Waals surface area contributed by atoms with Crippen molar-refractivity contribution in [2.45, 2.75) is 4.34 Å². The van der Waals surface area contributed by atoms with Crippen molar-refractivity contribution in [3.63, 3.8) is 0 Å². The van der Waals surface area contributed by atoms with Gasteiger partial charge in [-0.15, -0.1) is 11.3 Å². The molecule has 0 saturated heterocycles. The van der Waals surface area contributed by atoms with E-state index < -0.39 is 0 Å². The van der Waals surface area contributed by atoms with Gasteiger partial charge in [0.1, 0.15) is 5.75 Å². The smallest absolute Gasteiger partial charge is 0.234 e. The molecule has 0 aliphatic rings. The van der Waals surface area contributed by atoms with Gasteiger partial charge in [-0.25, -0.2) is 4.98 Å². The monoisotopic (exact) mass is 398 g/mol. The number of nitrogens with one attached hydrogen (secondary N) is 1. The van der Waals surface area contributed by atoms with Gasteiger partial charge in [-0.3, -0.25) is 4.79 Å². The number of thioether (sulfide) groups is 1. The Balaban J connectivity index is 1.61. The second-order valence-electron chi connectivity index (χ2n) is 4.78. The van der Waals surface area contributed by atoms with Crippen LogP contribution in [0.5, 0.6) is 5.75 Å². The first-order chi connectivity index (χ1) is 11.5. The van der Waals surface area contributed by atoms with Gasteiger partial charge in [0.15, 0.2) is 4.34 Å². The van der Waals surface area contributed by atoms with Gasteiger partial charge in [-0.2, -0.15) is 0 Å². The lowest BCUT2D eigenvalue weighted by Crippen LogP contribution is -2.13. The van der Waals surface area contributed by atoms with Crippen LogP contribution in [0.4, 0.5) is 5.69 Å². The van der Waals surface area contributed by atoms with E-state index in [1.807, 2.05) is 18.2 Å². The van der Waals surface area contributed by atoms with Crippen LogP contribution in [0.1, 0.15) is 0 Å². The normalized spacial score (nSPS) is 10.8. The van der Waals surface area contributed by atoms with Crippen LogP contribution in [0, 0.1) is 0 Å². The molecule has 0 aliphatic carbocycles. The lowest BCUT2D eigenvalue weighted by atomic mass is 10.3. The van der Waals surface area contributed by atoms with Gasteiger partial charge in [0.05, 0.1) is 28.1 Å². The van der Waals surface area contributed by atoms with E-state index >= 15 is 0 Å². The SMILES string of the molecule is COc1ccc(NC(=O)CSc2nc3cc(Cl)ccc3s2)cc1Cl. The summed E-state index contributed by atoms with van der Waals surface area (Å²) < 4.78 is 6.96. The van der Waals surface area contributed by atoms with E-state index in [1.54, 1.807) is 25.3 Å². The summed E-state index contributed by atoms with van der Waals surface area (Å²) >= 11 is 14.9. The van der Waals surface area contributed by atoms with Crippen molar-refractivity contribution < 1.29 is 9.53 Å². The molecule has 3 rings (SSSR count). The molecule has 3 aromatic rings. The van der Waals surface area contributed by atoms with Gasteiger partial charge in [-0.1, -0.05) is 35.0 Å². The third-order valence-corrected chi connectivity index (χ3v) is 5.80. The van der Waals surface area contributed by atoms with Crippen LogP contribution in [-0.2, 0) is 4.79 Å². The van der Waals surface area contributed by atoms with Gasteiger partial charge >= 0.3 is 0 Å². The molecule has 0 radical (unpaired) electrons. The van der Waals surface area contributed by atoms with Crippen LogP contribution in [0.15, 0.2) is 40.7 Å². The molecule has 2 aromatic carbocycles. The van der Waals surface area contributed by atoms with E-state index in [0.717, 1.165) is 14.6 Å². The van der Waals surface area contributed by atoms with E-state index in [-0.39, 0.29) is 11.7 Å². The number of methoxy groups -OCH3 is 1. The first-order valence-corrected chi connectivity index (χ1v) is 9.43. The number of fused-ring (bicyclic) bond motifs is 1. The molecule has 8 heteroatoms. The maximum absolute atomic E-state index is 12.1. The quantitative estimate of drug-likeness (QED) is 0.589. The number of thiazole rings is 1. The molecule has 24 heavy (non-hydrogen) atoms. The molecular weight excluding hydrogens is 387 g/mol. The minimum Gasteiger partial charge on any atom is -0.495 e. The maximum atomic E-state index is 12.1. The summed E-state index contributed by atoms with van der Waals surface area (Å²) in [4.78, 5) is 16.5. The first kappa shape index (κ1) is 17.4. The molecule has 0 atom stereocenters. The number of aromatic nitrogens is 1. The molecule has 1 heterocycles. The number of amides is 1. The van der Waals surface area contributed by atoms with Gasteiger partial charge in [0.2, 0.25) is 5.91 Å². The van der Waals surface area contributed by atoms with E-state index in [0.29, 0.717) is 21.5 Å². The molecule has 124 valence electrons. The van der Waals surface area contributed by atoms with Crippen LogP contribution >= 0.6 is 46.3 Å². The number of rotatable bonds is 5. The number of benzene rings is 2. The molecular formula is C16H12Cl2N2O2S2. The largest absolute Gasteiger partial charge is 0.495 e. The minimum absolute atomic E-state index is 0.126. The summed E-state index contributed by atoms with van der Waals surface area (Å²) in [5.74, 6) is 0.702. The average molecular weight is 399 g/mol. The Hall–Kier alpha value is -1.47. The molecule has 1 N–H and O–H groups in total. The van der Waals surface area contributed by atoms with Crippen LogP contribution in [0.3, 0.4) is 0 Å². The van der Waals surface area contributed by atoms with E-state index in [2.05, 4.69) is 10.3 Å². The van der Waals surface area contributed by atoms with Crippen LogP contribution in [-0.4, -0.2) is 23.8 Å². The number of hydrogen-bond donors (Lipinski definition) is 1. The van der Waals surface area contributed by atoms with Crippen LogP contribution in [0.25, 0.3) is 10.2 Å². The van der Waals surface area contributed by atoms with Gasteiger partial charge in [-0.05, 0) is 36.4 Å². The van der Waals surface area contributed by atoms with Crippen LogP contribution in [0.2, 0.25) is 10.0 Å². The topological polar surface area (TPSA) is 51.2 Å². The second kappa shape index (κ2) is 7.61. The zero-order valence-electron chi connectivity index (χ0n) is 12.5.